The summed E-state index contributed by atoms with van der Waals surface area (Å²) in [6, 6.07) is 3.18. The molecule has 14 heteroatoms. The Morgan fingerprint density at radius 2 is 1.76 bits per heavy atom. The molecule has 2 aliphatic rings. The highest BCUT2D eigenvalue weighted by Crippen LogP contribution is 2.40. The van der Waals surface area contributed by atoms with Crippen LogP contribution in [0.2, 0.25) is 0 Å². The zero-order valence-electron chi connectivity index (χ0n) is 17.5. The number of anilines is 2. The van der Waals surface area contributed by atoms with E-state index in [1.54, 1.807) is 6.20 Å². The third-order valence-electron chi connectivity index (χ3n) is 6.15. The average molecular weight is 487 g/mol. The van der Waals surface area contributed by atoms with Crippen LogP contribution < -0.4 is 15.0 Å². The van der Waals surface area contributed by atoms with Gasteiger partial charge in [-0.25, -0.2) is 14.5 Å². The summed E-state index contributed by atoms with van der Waals surface area (Å²) < 4.78 is 83.4. The molecule has 8 nitrogen and oxygen atoms in total. The van der Waals surface area contributed by atoms with Crippen LogP contribution >= 0.6 is 0 Å². The SMILES string of the molecule is FC(F)(F)COc1ccc(C(F)(F)F)n2nc(N[C@@H]3[C@@H]4CC[C@H]3CN(c3ccncn3)C4)nc12. The molecule has 2 fully saturated rings. The third-order valence-corrected chi connectivity index (χ3v) is 6.15. The van der Waals surface area contributed by atoms with Crippen molar-refractivity contribution in [2.75, 3.05) is 29.9 Å². The van der Waals surface area contributed by atoms with Crippen LogP contribution in [0.25, 0.3) is 5.65 Å². The molecule has 1 aliphatic heterocycles. The number of aromatic nitrogens is 5. The first-order valence-corrected chi connectivity index (χ1v) is 10.5. The van der Waals surface area contributed by atoms with Gasteiger partial charge in [0.1, 0.15) is 17.8 Å². The van der Waals surface area contributed by atoms with E-state index in [2.05, 4.69) is 30.3 Å². The number of ether oxygens (including phenoxy) is 1. The Morgan fingerprint density at radius 1 is 1.03 bits per heavy atom. The van der Waals surface area contributed by atoms with Gasteiger partial charge < -0.3 is 15.0 Å². The minimum Gasteiger partial charge on any atom is -0.480 e. The fourth-order valence-corrected chi connectivity index (χ4v) is 4.75. The van der Waals surface area contributed by atoms with Crippen LogP contribution in [0.3, 0.4) is 0 Å². The molecule has 1 saturated carbocycles. The van der Waals surface area contributed by atoms with Gasteiger partial charge in [-0.15, -0.1) is 5.10 Å². The van der Waals surface area contributed by atoms with Crippen molar-refractivity contribution >= 4 is 17.4 Å². The van der Waals surface area contributed by atoms with E-state index in [4.69, 9.17) is 4.74 Å². The Morgan fingerprint density at radius 3 is 2.38 bits per heavy atom. The number of pyridine rings is 1. The summed E-state index contributed by atoms with van der Waals surface area (Å²) in [6.45, 7) is -0.284. The molecule has 0 aromatic carbocycles. The second-order valence-electron chi connectivity index (χ2n) is 8.40. The first kappa shape index (κ1) is 22.5. The summed E-state index contributed by atoms with van der Waals surface area (Å²) in [5, 5.41) is 7.07. The predicted octanol–water partition coefficient (Wildman–Crippen LogP) is 3.81. The maximum atomic E-state index is 13.5. The molecular weight excluding hydrogens is 468 g/mol. The number of piperidine rings is 1. The number of fused-ring (bicyclic) bond motifs is 3. The molecule has 5 rings (SSSR count). The zero-order valence-corrected chi connectivity index (χ0v) is 17.5. The molecule has 0 spiro atoms. The lowest BCUT2D eigenvalue weighted by Crippen LogP contribution is -2.48. The van der Waals surface area contributed by atoms with Gasteiger partial charge in [0.25, 0.3) is 0 Å². The normalized spacial score (nSPS) is 22.9. The van der Waals surface area contributed by atoms with E-state index in [1.165, 1.54) is 6.33 Å². The Labute approximate surface area is 189 Å². The van der Waals surface area contributed by atoms with E-state index < -0.39 is 36.1 Å². The smallest absolute Gasteiger partial charge is 0.433 e. The summed E-state index contributed by atoms with van der Waals surface area (Å²) in [7, 11) is 0. The lowest BCUT2D eigenvalue weighted by atomic mass is 9.92. The highest BCUT2D eigenvalue weighted by atomic mass is 19.4. The molecule has 2 bridgehead atoms. The number of nitrogens with zero attached hydrogens (tertiary/aromatic N) is 6. The highest BCUT2D eigenvalue weighted by Gasteiger charge is 2.43. The fraction of sp³-hybridized carbons (Fsp3) is 0.500. The van der Waals surface area contributed by atoms with Gasteiger partial charge >= 0.3 is 12.4 Å². The molecule has 1 N–H and O–H groups in total. The summed E-state index contributed by atoms with van der Waals surface area (Å²) in [4.78, 5) is 14.4. The molecule has 1 aliphatic carbocycles. The molecular formula is C20H19F6N7O. The van der Waals surface area contributed by atoms with Crippen molar-refractivity contribution in [1.82, 2.24) is 24.6 Å². The first-order chi connectivity index (χ1) is 16.1. The Bertz CT molecular complexity index is 1150. The van der Waals surface area contributed by atoms with Crippen molar-refractivity contribution in [2.45, 2.75) is 31.2 Å². The van der Waals surface area contributed by atoms with E-state index in [0.29, 0.717) is 23.7 Å². The average Bonchev–Trinajstić information content (AvgIpc) is 3.28. The topological polar surface area (TPSA) is 80.5 Å². The third kappa shape index (κ3) is 4.40. The van der Waals surface area contributed by atoms with Crippen molar-refractivity contribution in [2.24, 2.45) is 11.8 Å². The summed E-state index contributed by atoms with van der Waals surface area (Å²) in [6.07, 6.45) is -4.49. The highest BCUT2D eigenvalue weighted by molar-refractivity contribution is 5.57. The monoisotopic (exact) mass is 487 g/mol. The van der Waals surface area contributed by atoms with Crippen molar-refractivity contribution in [3.8, 4) is 5.75 Å². The van der Waals surface area contributed by atoms with E-state index >= 15 is 0 Å². The summed E-state index contributed by atoms with van der Waals surface area (Å²) >= 11 is 0. The molecule has 34 heavy (non-hydrogen) atoms. The van der Waals surface area contributed by atoms with E-state index in [1.807, 2.05) is 6.07 Å². The molecule has 3 aromatic rings. The van der Waals surface area contributed by atoms with E-state index in [-0.39, 0.29) is 23.8 Å². The fourth-order valence-electron chi connectivity index (χ4n) is 4.75. The number of alkyl halides is 6. The Kier molecular flexibility index (Phi) is 5.40. The number of hydrogen-bond donors (Lipinski definition) is 1. The van der Waals surface area contributed by atoms with Crippen LogP contribution in [0.15, 0.2) is 30.7 Å². The van der Waals surface area contributed by atoms with Crippen LogP contribution in [0.5, 0.6) is 5.75 Å². The lowest BCUT2D eigenvalue weighted by molar-refractivity contribution is -0.153. The maximum Gasteiger partial charge on any atom is 0.433 e. The summed E-state index contributed by atoms with van der Waals surface area (Å²) in [5.41, 5.74) is -1.60. The molecule has 182 valence electrons. The van der Waals surface area contributed by atoms with Gasteiger partial charge in [-0.05, 0) is 42.9 Å². The predicted molar refractivity (Wildman–Crippen MR) is 107 cm³/mol. The molecule has 0 radical (unpaired) electrons. The van der Waals surface area contributed by atoms with E-state index in [0.717, 1.165) is 24.7 Å². The van der Waals surface area contributed by atoms with Crippen molar-refractivity contribution in [3.05, 3.63) is 36.4 Å². The van der Waals surface area contributed by atoms with Crippen LogP contribution in [0.4, 0.5) is 38.1 Å². The van der Waals surface area contributed by atoms with E-state index in [9.17, 15) is 26.3 Å². The second kappa shape index (κ2) is 8.17. The van der Waals surface area contributed by atoms with Crippen molar-refractivity contribution in [3.63, 3.8) is 0 Å². The number of hydrogen-bond acceptors (Lipinski definition) is 7. The number of nitrogens with one attached hydrogen (secondary N) is 1. The molecule has 3 aromatic heterocycles. The second-order valence-corrected chi connectivity index (χ2v) is 8.40. The molecule has 4 heterocycles. The van der Waals surface area contributed by atoms with Gasteiger partial charge in [-0.2, -0.15) is 31.3 Å². The maximum absolute atomic E-state index is 13.5. The van der Waals surface area contributed by atoms with Gasteiger partial charge in [0.2, 0.25) is 5.95 Å². The zero-order chi connectivity index (χ0) is 24.1. The largest absolute Gasteiger partial charge is 0.480 e. The molecule has 1 saturated heterocycles. The quantitative estimate of drug-likeness (QED) is 0.549. The number of halogens is 6. The standard InChI is InChI=1S/C20H19F6N7O/c21-19(22,23)9-34-13-3-4-14(20(24,25)26)33-17(13)30-18(31-33)29-16-11-1-2-12(16)8-32(7-11)15-5-6-27-10-28-15/h3-6,10-12,16H,1-2,7-9H2,(H,29,31)/t11-,12+,16-. The van der Waals surface area contributed by atoms with Crippen LogP contribution in [-0.4, -0.2) is 56.5 Å². The molecule has 3 atom stereocenters. The minimum absolute atomic E-state index is 0.0917. The van der Waals surface area contributed by atoms with Crippen molar-refractivity contribution in [1.29, 1.82) is 0 Å². The van der Waals surface area contributed by atoms with Crippen LogP contribution in [0, 0.1) is 11.8 Å². The van der Waals surface area contributed by atoms with Crippen molar-refractivity contribution < 1.29 is 31.1 Å². The van der Waals surface area contributed by atoms with Gasteiger partial charge in [-0.3, -0.25) is 0 Å². The molecule has 0 unspecified atom stereocenters. The van der Waals surface area contributed by atoms with Gasteiger partial charge in [0.15, 0.2) is 18.0 Å². The van der Waals surface area contributed by atoms with Gasteiger partial charge in [-0.1, -0.05) is 0 Å². The summed E-state index contributed by atoms with van der Waals surface area (Å²) in [5.74, 6) is 0.613. The minimum atomic E-state index is -4.78. The van der Waals surface area contributed by atoms with Crippen LogP contribution in [-0.2, 0) is 6.18 Å². The Hall–Kier alpha value is -3.32. The van der Waals surface area contributed by atoms with Gasteiger partial charge in [0.05, 0.1) is 0 Å². The number of rotatable bonds is 5. The van der Waals surface area contributed by atoms with Crippen LogP contribution in [0.1, 0.15) is 18.5 Å². The Balaban J connectivity index is 1.41. The first-order valence-electron chi connectivity index (χ1n) is 10.5. The molecule has 0 amide bonds. The lowest BCUT2D eigenvalue weighted by Gasteiger charge is -2.38. The van der Waals surface area contributed by atoms with Gasteiger partial charge in [0, 0.05) is 25.3 Å².